The van der Waals surface area contributed by atoms with Crippen LogP contribution in [0, 0.1) is 11.7 Å². The third-order valence-corrected chi connectivity index (χ3v) is 4.99. The standard InChI is InChI=1S/C19H21FN4O/c1-13-10-16-14(18(25)11-13)12-21-19(22-16)24-8-6-23(7-9-24)17-5-3-2-4-15(17)20/h2-5,12-13H,6-11H2,1H3/t13-/m1/s1. The lowest BCUT2D eigenvalue weighted by atomic mass is 9.88. The lowest BCUT2D eigenvalue weighted by molar-refractivity contribution is 0.0951. The van der Waals surface area contributed by atoms with Crippen LogP contribution in [-0.4, -0.2) is 41.9 Å². The van der Waals surface area contributed by atoms with Crippen LogP contribution in [0.15, 0.2) is 30.5 Å². The molecule has 6 heteroatoms. The fourth-order valence-corrected chi connectivity index (χ4v) is 3.63. The summed E-state index contributed by atoms with van der Waals surface area (Å²) in [6, 6.07) is 6.87. The van der Waals surface area contributed by atoms with Gasteiger partial charge in [0.1, 0.15) is 5.82 Å². The summed E-state index contributed by atoms with van der Waals surface area (Å²) in [6.07, 6.45) is 3.08. The smallest absolute Gasteiger partial charge is 0.225 e. The van der Waals surface area contributed by atoms with E-state index in [2.05, 4.69) is 26.7 Å². The molecule has 0 N–H and O–H groups in total. The summed E-state index contributed by atoms with van der Waals surface area (Å²) in [5.74, 6) is 0.965. The summed E-state index contributed by atoms with van der Waals surface area (Å²) in [6.45, 7) is 4.98. The summed E-state index contributed by atoms with van der Waals surface area (Å²) < 4.78 is 13.9. The number of aromatic nitrogens is 2. The zero-order valence-corrected chi connectivity index (χ0v) is 14.3. The minimum Gasteiger partial charge on any atom is -0.366 e. The lowest BCUT2D eigenvalue weighted by Crippen LogP contribution is -2.47. The highest BCUT2D eigenvalue weighted by molar-refractivity contribution is 5.98. The van der Waals surface area contributed by atoms with E-state index in [0.29, 0.717) is 29.5 Å². The molecular weight excluding hydrogens is 319 g/mol. The fourth-order valence-electron chi connectivity index (χ4n) is 3.63. The Bertz CT molecular complexity index is 802. The molecule has 1 aromatic heterocycles. The molecule has 5 nitrogen and oxygen atoms in total. The van der Waals surface area contributed by atoms with Gasteiger partial charge in [-0.2, -0.15) is 0 Å². The molecule has 0 radical (unpaired) electrons. The van der Waals surface area contributed by atoms with Crippen LogP contribution in [0.5, 0.6) is 0 Å². The number of hydrogen-bond acceptors (Lipinski definition) is 5. The van der Waals surface area contributed by atoms with E-state index in [4.69, 9.17) is 0 Å². The van der Waals surface area contributed by atoms with Crippen molar-refractivity contribution in [3.63, 3.8) is 0 Å². The molecule has 4 rings (SSSR count). The third-order valence-electron chi connectivity index (χ3n) is 4.99. The summed E-state index contributed by atoms with van der Waals surface area (Å²) in [5, 5.41) is 0. The number of halogens is 1. The van der Waals surface area contributed by atoms with E-state index in [1.807, 2.05) is 12.1 Å². The Kier molecular flexibility index (Phi) is 4.11. The molecule has 2 heterocycles. The van der Waals surface area contributed by atoms with E-state index < -0.39 is 0 Å². The van der Waals surface area contributed by atoms with Crippen LogP contribution in [-0.2, 0) is 6.42 Å². The SMILES string of the molecule is C[C@H]1CC(=O)c2cnc(N3CCN(c4ccccc4F)CC3)nc2C1. The van der Waals surface area contributed by atoms with Crippen molar-refractivity contribution >= 4 is 17.4 Å². The molecule has 1 fully saturated rings. The summed E-state index contributed by atoms with van der Waals surface area (Å²) in [5.41, 5.74) is 2.19. The van der Waals surface area contributed by atoms with Gasteiger partial charge in [0.15, 0.2) is 5.78 Å². The van der Waals surface area contributed by atoms with Gasteiger partial charge in [0.25, 0.3) is 0 Å². The second-order valence-corrected chi connectivity index (χ2v) is 6.89. The highest BCUT2D eigenvalue weighted by Gasteiger charge is 2.26. The fraction of sp³-hybridized carbons (Fsp3) is 0.421. The van der Waals surface area contributed by atoms with Crippen molar-refractivity contribution in [2.75, 3.05) is 36.0 Å². The Morgan fingerprint density at radius 2 is 1.80 bits per heavy atom. The summed E-state index contributed by atoms with van der Waals surface area (Å²) >= 11 is 0. The van der Waals surface area contributed by atoms with Crippen molar-refractivity contribution < 1.29 is 9.18 Å². The van der Waals surface area contributed by atoms with Gasteiger partial charge in [-0.25, -0.2) is 14.4 Å². The zero-order chi connectivity index (χ0) is 17.4. The van der Waals surface area contributed by atoms with Crippen LogP contribution in [0.1, 0.15) is 29.4 Å². The molecule has 0 unspecified atom stereocenters. The first-order chi connectivity index (χ1) is 12.1. The molecule has 1 aliphatic carbocycles. The number of anilines is 2. The van der Waals surface area contributed by atoms with Gasteiger partial charge in [0.2, 0.25) is 5.95 Å². The van der Waals surface area contributed by atoms with E-state index in [9.17, 15) is 9.18 Å². The van der Waals surface area contributed by atoms with Gasteiger partial charge in [-0.15, -0.1) is 0 Å². The van der Waals surface area contributed by atoms with Gasteiger partial charge in [-0.1, -0.05) is 19.1 Å². The van der Waals surface area contributed by atoms with Crippen LogP contribution in [0.25, 0.3) is 0 Å². The predicted molar refractivity (Wildman–Crippen MR) is 94.7 cm³/mol. The molecule has 1 aliphatic heterocycles. The van der Waals surface area contributed by atoms with Crippen LogP contribution < -0.4 is 9.80 Å². The van der Waals surface area contributed by atoms with E-state index in [0.717, 1.165) is 38.3 Å². The van der Waals surface area contributed by atoms with Crippen molar-refractivity contribution in [2.24, 2.45) is 5.92 Å². The first kappa shape index (κ1) is 16.0. The zero-order valence-electron chi connectivity index (χ0n) is 14.3. The van der Waals surface area contributed by atoms with Crippen molar-refractivity contribution in [1.82, 2.24) is 9.97 Å². The summed E-state index contributed by atoms with van der Waals surface area (Å²) in [4.78, 5) is 25.3. The quantitative estimate of drug-likeness (QED) is 0.841. The van der Waals surface area contributed by atoms with E-state index in [-0.39, 0.29) is 11.6 Å². The largest absolute Gasteiger partial charge is 0.366 e. The third kappa shape index (κ3) is 3.08. The first-order valence-electron chi connectivity index (χ1n) is 8.75. The second kappa shape index (κ2) is 6.43. The maximum atomic E-state index is 13.9. The maximum absolute atomic E-state index is 13.9. The van der Waals surface area contributed by atoms with Crippen LogP contribution in [0.3, 0.4) is 0 Å². The van der Waals surface area contributed by atoms with Crippen LogP contribution in [0.2, 0.25) is 0 Å². The Labute approximate surface area is 146 Å². The highest BCUT2D eigenvalue weighted by Crippen LogP contribution is 2.26. The maximum Gasteiger partial charge on any atom is 0.225 e. The Morgan fingerprint density at radius 3 is 2.56 bits per heavy atom. The number of para-hydroxylation sites is 1. The predicted octanol–water partition coefficient (Wildman–Crippen LogP) is 2.71. The molecule has 0 bridgehead atoms. The molecule has 2 aromatic rings. The lowest BCUT2D eigenvalue weighted by Gasteiger charge is -2.36. The molecule has 1 atom stereocenters. The van der Waals surface area contributed by atoms with Crippen molar-refractivity contribution in [3.05, 3.63) is 47.5 Å². The number of carbonyl (C=O) groups is 1. The number of fused-ring (bicyclic) bond motifs is 1. The average Bonchev–Trinajstić information content (AvgIpc) is 2.62. The molecule has 1 saturated heterocycles. The molecule has 1 aromatic carbocycles. The summed E-state index contributed by atoms with van der Waals surface area (Å²) in [7, 11) is 0. The number of piperazine rings is 1. The van der Waals surface area contributed by atoms with Gasteiger partial charge >= 0.3 is 0 Å². The molecule has 0 saturated carbocycles. The van der Waals surface area contributed by atoms with Crippen LogP contribution in [0.4, 0.5) is 16.0 Å². The normalized spacial score (nSPS) is 20.6. The van der Waals surface area contributed by atoms with E-state index in [1.165, 1.54) is 6.07 Å². The number of rotatable bonds is 2. The number of carbonyl (C=O) groups excluding carboxylic acids is 1. The number of nitrogens with zero attached hydrogens (tertiary/aromatic N) is 4. The molecule has 0 spiro atoms. The molecule has 25 heavy (non-hydrogen) atoms. The molecule has 2 aliphatic rings. The van der Waals surface area contributed by atoms with E-state index in [1.54, 1.807) is 12.3 Å². The number of ketones is 1. The van der Waals surface area contributed by atoms with Gasteiger partial charge in [0.05, 0.1) is 16.9 Å². The number of benzene rings is 1. The van der Waals surface area contributed by atoms with Gasteiger partial charge in [-0.05, 0) is 24.5 Å². The van der Waals surface area contributed by atoms with Gasteiger partial charge in [-0.3, -0.25) is 4.79 Å². The Morgan fingerprint density at radius 1 is 1.08 bits per heavy atom. The topological polar surface area (TPSA) is 49.3 Å². The number of Topliss-reactive ketones (excluding diaryl/α,β-unsaturated/α-hetero) is 1. The Hall–Kier alpha value is -2.50. The van der Waals surface area contributed by atoms with Crippen molar-refractivity contribution in [2.45, 2.75) is 19.8 Å². The highest BCUT2D eigenvalue weighted by atomic mass is 19.1. The minimum atomic E-state index is -0.187. The molecule has 130 valence electrons. The van der Waals surface area contributed by atoms with Gasteiger partial charge < -0.3 is 9.80 Å². The van der Waals surface area contributed by atoms with E-state index >= 15 is 0 Å². The van der Waals surface area contributed by atoms with Crippen LogP contribution >= 0.6 is 0 Å². The Balaban J connectivity index is 1.49. The average molecular weight is 340 g/mol. The second-order valence-electron chi connectivity index (χ2n) is 6.89. The molecule has 0 amide bonds. The minimum absolute atomic E-state index is 0.143. The van der Waals surface area contributed by atoms with Crippen molar-refractivity contribution in [3.8, 4) is 0 Å². The van der Waals surface area contributed by atoms with Gasteiger partial charge in [0, 0.05) is 38.8 Å². The van der Waals surface area contributed by atoms with Crippen molar-refractivity contribution in [1.29, 1.82) is 0 Å². The monoisotopic (exact) mass is 340 g/mol. The first-order valence-corrected chi connectivity index (χ1v) is 8.75. The molecular formula is C19H21FN4O. The number of hydrogen-bond donors (Lipinski definition) is 0.